The van der Waals surface area contributed by atoms with Gasteiger partial charge in [-0.25, -0.2) is 0 Å². The number of carbonyl (C=O) groups is 2. The maximum absolute atomic E-state index is 12.8. The summed E-state index contributed by atoms with van der Waals surface area (Å²) in [7, 11) is 1.17. The van der Waals surface area contributed by atoms with Crippen molar-refractivity contribution >= 4 is 19.8 Å². The van der Waals surface area contributed by atoms with Gasteiger partial charge in [0.15, 0.2) is 6.10 Å². The number of esters is 2. The van der Waals surface area contributed by atoms with Crippen LogP contribution in [0, 0.1) is 0 Å². The second-order valence-corrected chi connectivity index (χ2v) is 27.0. The van der Waals surface area contributed by atoms with E-state index >= 15 is 0 Å². The molecular formula is C72H138NO8P. The third-order valence-electron chi connectivity index (χ3n) is 16.1. The predicted molar refractivity (Wildman–Crippen MR) is 351 cm³/mol. The zero-order valence-corrected chi connectivity index (χ0v) is 56.1. The highest BCUT2D eigenvalue weighted by atomic mass is 31.2. The summed E-state index contributed by atoms with van der Waals surface area (Å²) in [6.07, 6.45) is 81.2. The van der Waals surface area contributed by atoms with Crippen LogP contribution in [0.15, 0.2) is 36.5 Å². The quantitative estimate of drug-likeness (QED) is 0.0195. The molecule has 0 amide bonds. The summed E-state index contributed by atoms with van der Waals surface area (Å²) in [4.78, 5) is 37.9. The molecule has 0 N–H and O–H groups in total. The first-order chi connectivity index (χ1) is 40.0. The van der Waals surface area contributed by atoms with Gasteiger partial charge in [-0.2, -0.15) is 0 Å². The van der Waals surface area contributed by atoms with Crippen LogP contribution in [-0.4, -0.2) is 70.0 Å². The highest BCUT2D eigenvalue weighted by Crippen LogP contribution is 2.38. The van der Waals surface area contributed by atoms with Gasteiger partial charge in [0.1, 0.15) is 19.8 Å². The molecule has 82 heavy (non-hydrogen) atoms. The smallest absolute Gasteiger partial charge is 0.306 e. The highest BCUT2D eigenvalue weighted by Gasteiger charge is 2.22. The van der Waals surface area contributed by atoms with Crippen molar-refractivity contribution in [3.63, 3.8) is 0 Å². The molecule has 0 heterocycles. The maximum atomic E-state index is 12.8. The van der Waals surface area contributed by atoms with E-state index in [4.69, 9.17) is 18.5 Å². The van der Waals surface area contributed by atoms with Gasteiger partial charge in [-0.3, -0.25) is 14.2 Å². The van der Waals surface area contributed by atoms with E-state index in [1.165, 1.54) is 276 Å². The van der Waals surface area contributed by atoms with Gasteiger partial charge < -0.3 is 27.9 Å². The lowest BCUT2D eigenvalue weighted by Gasteiger charge is -2.28. The molecular weight excluding hydrogens is 1040 g/mol. The molecule has 2 unspecified atom stereocenters. The lowest BCUT2D eigenvalue weighted by atomic mass is 10.0. The molecule has 0 spiro atoms. The van der Waals surface area contributed by atoms with Crippen molar-refractivity contribution in [3.05, 3.63) is 36.5 Å². The van der Waals surface area contributed by atoms with Crippen molar-refractivity contribution in [2.75, 3.05) is 47.5 Å². The van der Waals surface area contributed by atoms with E-state index in [0.29, 0.717) is 17.4 Å². The lowest BCUT2D eigenvalue weighted by molar-refractivity contribution is -0.870. The van der Waals surface area contributed by atoms with Crippen LogP contribution in [0.3, 0.4) is 0 Å². The average molecular weight is 1180 g/mol. The Morgan fingerprint density at radius 3 is 1.00 bits per heavy atom. The van der Waals surface area contributed by atoms with Gasteiger partial charge in [-0.1, -0.05) is 314 Å². The summed E-state index contributed by atoms with van der Waals surface area (Å²) >= 11 is 0. The minimum absolute atomic E-state index is 0.0306. The molecule has 0 saturated carbocycles. The van der Waals surface area contributed by atoms with E-state index in [1.54, 1.807) is 0 Å². The molecule has 0 aromatic rings. The Morgan fingerprint density at radius 1 is 0.378 bits per heavy atom. The fraction of sp³-hybridized carbons (Fsp3) is 0.889. The normalized spacial score (nSPS) is 13.3. The SMILES string of the molecule is CCCCC/C=C\C/C=C\CCCCCCCCCC(=O)OC(COC(=O)CCCCCCCCCCCCCCCCCCCCCCCCCCCCCCC/C=C\CCCCCCCCCC)COP(=O)([O-])OCC[N+](C)(C)C. The summed E-state index contributed by atoms with van der Waals surface area (Å²) < 4.78 is 34.2. The van der Waals surface area contributed by atoms with Crippen LogP contribution < -0.4 is 4.89 Å². The number of phosphoric acid groups is 1. The van der Waals surface area contributed by atoms with Crippen LogP contribution in [-0.2, 0) is 32.7 Å². The van der Waals surface area contributed by atoms with Crippen molar-refractivity contribution in [1.82, 2.24) is 0 Å². The summed E-state index contributed by atoms with van der Waals surface area (Å²) in [5.74, 6) is -0.826. The first-order valence-corrected chi connectivity index (χ1v) is 37.2. The van der Waals surface area contributed by atoms with E-state index < -0.39 is 26.5 Å². The van der Waals surface area contributed by atoms with Gasteiger partial charge in [-0.15, -0.1) is 0 Å². The molecule has 0 rings (SSSR count). The number of likely N-dealkylation sites (N-methyl/N-ethyl adjacent to an activating group) is 1. The van der Waals surface area contributed by atoms with Crippen LogP contribution in [0.1, 0.15) is 361 Å². The molecule has 10 heteroatoms. The standard InChI is InChI=1S/C72H138NO8P/c1-6-8-10-12-14-16-18-20-22-24-25-26-27-28-29-30-31-32-33-34-35-36-37-38-39-40-41-42-43-44-45-46-47-49-50-52-54-56-58-60-62-64-71(74)78-68-70(69-80-82(76,77)79-67-66-73(3,4)5)81-72(75)65-63-61-59-57-55-53-51-48-23-21-19-17-15-13-11-9-7-2/h15,17,21,23-25,70H,6-14,16,18-20,22,26-69H2,1-5H3/b17-15-,23-21-,25-24-. The van der Waals surface area contributed by atoms with Crippen molar-refractivity contribution in [2.45, 2.75) is 367 Å². The number of phosphoric ester groups is 1. The molecule has 484 valence electrons. The zero-order chi connectivity index (χ0) is 59.8. The molecule has 0 aliphatic heterocycles. The number of unbranched alkanes of at least 4 members (excludes halogenated alkanes) is 47. The zero-order valence-electron chi connectivity index (χ0n) is 55.2. The Bertz CT molecular complexity index is 1480. The number of hydrogen-bond donors (Lipinski definition) is 0. The summed E-state index contributed by atoms with van der Waals surface area (Å²) in [6.45, 7) is 4.25. The first kappa shape index (κ1) is 80.2. The highest BCUT2D eigenvalue weighted by molar-refractivity contribution is 7.45. The molecule has 0 aliphatic carbocycles. The summed E-state index contributed by atoms with van der Waals surface area (Å²) in [6, 6.07) is 0. The Labute approximate surface area is 510 Å². The molecule has 0 fully saturated rings. The van der Waals surface area contributed by atoms with Crippen LogP contribution in [0.2, 0.25) is 0 Å². The van der Waals surface area contributed by atoms with E-state index in [1.807, 2.05) is 21.1 Å². The van der Waals surface area contributed by atoms with Gasteiger partial charge in [0, 0.05) is 12.8 Å². The first-order valence-electron chi connectivity index (χ1n) is 35.7. The number of nitrogens with zero attached hydrogens (tertiary/aromatic N) is 1. The summed E-state index contributed by atoms with van der Waals surface area (Å²) in [5.41, 5.74) is 0. The molecule has 0 aromatic heterocycles. The molecule has 9 nitrogen and oxygen atoms in total. The number of hydrogen-bond acceptors (Lipinski definition) is 8. The molecule has 0 aliphatic rings. The molecule has 0 saturated heterocycles. The van der Waals surface area contributed by atoms with E-state index in [2.05, 4.69) is 50.3 Å². The van der Waals surface area contributed by atoms with E-state index in [9.17, 15) is 19.0 Å². The number of quaternary nitrogens is 1. The third kappa shape index (κ3) is 67.4. The van der Waals surface area contributed by atoms with Gasteiger partial charge in [0.05, 0.1) is 27.7 Å². The fourth-order valence-electron chi connectivity index (χ4n) is 10.6. The second kappa shape index (κ2) is 63.7. The van der Waals surface area contributed by atoms with E-state index in [-0.39, 0.29) is 32.0 Å². The molecule has 0 bridgehead atoms. The van der Waals surface area contributed by atoms with Gasteiger partial charge in [0.25, 0.3) is 7.82 Å². The summed E-state index contributed by atoms with van der Waals surface area (Å²) in [5, 5.41) is 0. The Hall–Kier alpha value is -1.77. The Balaban J connectivity index is 3.83. The van der Waals surface area contributed by atoms with Gasteiger partial charge in [-0.05, 0) is 70.6 Å². The lowest BCUT2D eigenvalue weighted by Crippen LogP contribution is -2.37. The van der Waals surface area contributed by atoms with Crippen molar-refractivity contribution < 1.29 is 42.1 Å². The van der Waals surface area contributed by atoms with Crippen LogP contribution in [0.5, 0.6) is 0 Å². The third-order valence-corrected chi connectivity index (χ3v) is 17.1. The van der Waals surface area contributed by atoms with Crippen LogP contribution >= 0.6 is 7.82 Å². The molecule has 0 radical (unpaired) electrons. The van der Waals surface area contributed by atoms with Gasteiger partial charge >= 0.3 is 11.9 Å². The monoisotopic (exact) mass is 1180 g/mol. The van der Waals surface area contributed by atoms with Crippen molar-refractivity contribution in [3.8, 4) is 0 Å². The average Bonchev–Trinajstić information content (AvgIpc) is 3.46. The number of allylic oxidation sites excluding steroid dienone is 6. The van der Waals surface area contributed by atoms with Gasteiger partial charge in [0.2, 0.25) is 0 Å². The topological polar surface area (TPSA) is 111 Å². The largest absolute Gasteiger partial charge is 0.756 e. The molecule has 0 aromatic carbocycles. The number of ether oxygens (including phenoxy) is 2. The van der Waals surface area contributed by atoms with Crippen molar-refractivity contribution in [2.24, 2.45) is 0 Å². The van der Waals surface area contributed by atoms with E-state index in [0.717, 1.165) is 51.4 Å². The van der Waals surface area contributed by atoms with Crippen LogP contribution in [0.4, 0.5) is 0 Å². The number of carbonyl (C=O) groups excluding carboxylic acids is 2. The second-order valence-electron chi connectivity index (χ2n) is 25.6. The van der Waals surface area contributed by atoms with Crippen LogP contribution in [0.25, 0.3) is 0 Å². The van der Waals surface area contributed by atoms with Crippen molar-refractivity contribution in [1.29, 1.82) is 0 Å². The fourth-order valence-corrected chi connectivity index (χ4v) is 11.4. The predicted octanol–water partition coefficient (Wildman–Crippen LogP) is 22.4. The maximum Gasteiger partial charge on any atom is 0.306 e. The minimum Gasteiger partial charge on any atom is -0.756 e. The Kier molecular flexibility index (Phi) is 62.3. The Morgan fingerprint density at radius 2 is 0.659 bits per heavy atom. The minimum atomic E-state index is -4.64. The number of rotatable bonds is 67. The molecule has 2 atom stereocenters.